The molecule has 2 rings (SSSR count). The van der Waals surface area contributed by atoms with Gasteiger partial charge in [0.05, 0.1) is 0 Å². The number of anilines is 2. The third-order valence-corrected chi connectivity index (χ3v) is 2.05. The standard InChI is InChI=1S/C9H12N2/c10-8-3-7(6-1-2-6)4-9(11)5-8/h3-6H,1-2,10-11H2. The zero-order valence-electron chi connectivity index (χ0n) is 6.38. The molecule has 0 atom stereocenters. The molecule has 58 valence electrons. The lowest BCUT2D eigenvalue weighted by atomic mass is 10.1. The molecule has 1 aromatic rings. The Balaban J connectivity index is 2.39. The Morgan fingerprint density at radius 2 is 1.55 bits per heavy atom. The highest BCUT2D eigenvalue weighted by Gasteiger charge is 2.23. The molecule has 4 N–H and O–H groups in total. The van der Waals surface area contributed by atoms with E-state index in [-0.39, 0.29) is 0 Å². The number of hydrogen-bond acceptors (Lipinski definition) is 2. The zero-order valence-corrected chi connectivity index (χ0v) is 6.38. The third kappa shape index (κ3) is 1.29. The predicted molar refractivity (Wildman–Crippen MR) is 47.2 cm³/mol. The minimum Gasteiger partial charge on any atom is -0.399 e. The molecule has 0 saturated heterocycles. The van der Waals surface area contributed by atoms with Crippen LogP contribution in [0, 0.1) is 0 Å². The molecular weight excluding hydrogens is 136 g/mol. The fourth-order valence-corrected chi connectivity index (χ4v) is 1.35. The second kappa shape index (κ2) is 2.16. The molecule has 0 amide bonds. The van der Waals surface area contributed by atoms with Crippen LogP contribution in [0.25, 0.3) is 0 Å². The van der Waals surface area contributed by atoms with Gasteiger partial charge in [0.15, 0.2) is 0 Å². The van der Waals surface area contributed by atoms with Crippen LogP contribution in [-0.4, -0.2) is 0 Å². The first kappa shape index (κ1) is 6.53. The molecule has 0 aromatic heterocycles. The summed E-state index contributed by atoms with van der Waals surface area (Å²) in [6, 6.07) is 5.84. The molecule has 0 unspecified atom stereocenters. The van der Waals surface area contributed by atoms with E-state index in [0.717, 1.165) is 17.3 Å². The van der Waals surface area contributed by atoms with Crippen LogP contribution in [0.5, 0.6) is 0 Å². The van der Waals surface area contributed by atoms with Gasteiger partial charge >= 0.3 is 0 Å². The molecule has 2 nitrogen and oxygen atoms in total. The molecule has 0 heterocycles. The summed E-state index contributed by atoms with van der Waals surface area (Å²) in [6.07, 6.45) is 2.59. The molecule has 11 heavy (non-hydrogen) atoms. The fraction of sp³-hybridized carbons (Fsp3) is 0.333. The van der Waals surface area contributed by atoms with Crippen LogP contribution in [0.1, 0.15) is 24.3 Å². The Morgan fingerprint density at radius 1 is 1.00 bits per heavy atom. The summed E-state index contributed by atoms with van der Waals surface area (Å²) in [4.78, 5) is 0. The summed E-state index contributed by atoms with van der Waals surface area (Å²) < 4.78 is 0. The van der Waals surface area contributed by atoms with Gasteiger partial charge < -0.3 is 11.5 Å². The van der Waals surface area contributed by atoms with Crippen molar-refractivity contribution >= 4 is 11.4 Å². The van der Waals surface area contributed by atoms with E-state index in [9.17, 15) is 0 Å². The average Bonchev–Trinajstić information content (AvgIpc) is 2.64. The van der Waals surface area contributed by atoms with Gasteiger partial charge in [-0.2, -0.15) is 0 Å². The second-order valence-corrected chi connectivity index (χ2v) is 3.21. The smallest absolute Gasteiger partial charge is 0.0337 e. The molecule has 1 aliphatic rings. The van der Waals surface area contributed by atoms with Gasteiger partial charge in [0.2, 0.25) is 0 Å². The van der Waals surface area contributed by atoms with E-state index in [1.807, 2.05) is 12.1 Å². The molecule has 2 heteroatoms. The predicted octanol–water partition coefficient (Wildman–Crippen LogP) is 1.73. The van der Waals surface area contributed by atoms with E-state index >= 15 is 0 Å². The average molecular weight is 148 g/mol. The van der Waals surface area contributed by atoms with Gasteiger partial charge in [-0.05, 0) is 42.5 Å². The molecule has 0 spiro atoms. The molecule has 1 saturated carbocycles. The Labute approximate surface area is 66.2 Å². The normalized spacial score (nSPS) is 16.7. The lowest BCUT2D eigenvalue weighted by molar-refractivity contribution is 1.13. The highest BCUT2D eigenvalue weighted by molar-refractivity contribution is 5.55. The van der Waals surface area contributed by atoms with Crippen molar-refractivity contribution in [3.8, 4) is 0 Å². The Morgan fingerprint density at radius 3 is 2.00 bits per heavy atom. The maximum atomic E-state index is 5.64. The van der Waals surface area contributed by atoms with Crippen molar-refractivity contribution in [2.45, 2.75) is 18.8 Å². The van der Waals surface area contributed by atoms with Crippen LogP contribution < -0.4 is 11.5 Å². The number of benzene rings is 1. The van der Waals surface area contributed by atoms with Crippen molar-refractivity contribution in [2.75, 3.05) is 11.5 Å². The van der Waals surface area contributed by atoms with Gasteiger partial charge in [-0.3, -0.25) is 0 Å². The molecule has 0 bridgehead atoms. The summed E-state index contributed by atoms with van der Waals surface area (Å²) in [7, 11) is 0. The summed E-state index contributed by atoms with van der Waals surface area (Å²) in [5, 5.41) is 0. The first-order chi connectivity index (χ1) is 5.25. The summed E-state index contributed by atoms with van der Waals surface area (Å²) in [5.74, 6) is 0.737. The third-order valence-electron chi connectivity index (χ3n) is 2.05. The fourth-order valence-electron chi connectivity index (χ4n) is 1.35. The quantitative estimate of drug-likeness (QED) is 0.596. The molecule has 1 aliphatic carbocycles. The van der Waals surface area contributed by atoms with Crippen LogP contribution in [0.4, 0.5) is 11.4 Å². The van der Waals surface area contributed by atoms with Gasteiger partial charge in [-0.15, -0.1) is 0 Å². The Hall–Kier alpha value is -1.18. The van der Waals surface area contributed by atoms with Crippen molar-refractivity contribution in [3.63, 3.8) is 0 Å². The number of nitrogens with two attached hydrogens (primary N) is 2. The molecule has 1 aromatic carbocycles. The maximum Gasteiger partial charge on any atom is 0.0337 e. The van der Waals surface area contributed by atoms with Gasteiger partial charge in [0, 0.05) is 11.4 Å². The van der Waals surface area contributed by atoms with Crippen LogP contribution in [0.2, 0.25) is 0 Å². The molecule has 1 fully saturated rings. The summed E-state index contributed by atoms with van der Waals surface area (Å²) in [6.45, 7) is 0. The first-order valence-electron chi connectivity index (χ1n) is 3.91. The van der Waals surface area contributed by atoms with Crippen molar-refractivity contribution in [1.82, 2.24) is 0 Å². The highest BCUT2D eigenvalue weighted by atomic mass is 14.6. The topological polar surface area (TPSA) is 52.0 Å². The van der Waals surface area contributed by atoms with E-state index in [2.05, 4.69) is 0 Å². The lowest BCUT2D eigenvalue weighted by Crippen LogP contribution is -1.92. The van der Waals surface area contributed by atoms with Gasteiger partial charge in [-0.1, -0.05) is 0 Å². The van der Waals surface area contributed by atoms with E-state index in [1.165, 1.54) is 18.4 Å². The van der Waals surface area contributed by atoms with Gasteiger partial charge in [0.25, 0.3) is 0 Å². The van der Waals surface area contributed by atoms with Crippen molar-refractivity contribution in [1.29, 1.82) is 0 Å². The van der Waals surface area contributed by atoms with Crippen LogP contribution in [-0.2, 0) is 0 Å². The molecular formula is C9H12N2. The SMILES string of the molecule is Nc1cc(N)cc(C2CC2)c1. The number of rotatable bonds is 1. The van der Waals surface area contributed by atoms with Crippen LogP contribution in [0.15, 0.2) is 18.2 Å². The minimum absolute atomic E-state index is 0.737. The summed E-state index contributed by atoms with van der Waals surface area (Å²) >= 11 is 0. The Kier molecular flexibility index (Phi) is 1.28. The van der Waals surface area contributed by atoms with Crippen LogP contribution in [0.3, 0.4) is 0 Å². The van der Waals surface area contributed by atoms with E-state index < -0.39 is 0 Å². The Bertz CT molecular complexity index is 257. The number of nitrogen functional groups attached to an aromatic ring is 2. The first-order valence-corrected chi connectivity index (χ1v) is 3.91. The second-order valence-electron chi connectivity index (χ2n) is 3.21. The van der Waals surface area contributed by atoms with Gasteiger partial charge in [0.1, 0.15) is 0 Å². The molecule has 0 radical (unpaired) electrons. The number of hydrogen-bond donors (Lipinski definition) is 2. The van der Waals surface area contributed by atoms with Crippen molar-refractivity contribution in [2.24, 2.45) is 0 Å². The van der Waals surface area contributed by atoms with Crippen molar-refractivity contribution < 1.29 is 0 Å². The van der Waals surface area contributed by atoms with E-state index in [1.54, 1.807) is 6.07 Å². The minimum atomic E-state index is 0.737. The van der Waals surface area contributed by atoms with Crippen molar-refractivity contribution in [3.05, 3.63) is 23.8 Å². The highest BCUT2D eigenvalue weighted by Crippen LogP contribution is 2.41. The monoisotopic (exact) mass is 148 g/mol. The lowest BCUT2D eigenvalue weighted by Gasteiger charge is -2.01. The zero-order chi connectivity index (χ0) is 7.84. The van der Waals surface area contributed by atoms with Crippen LogP contribution >= 0.6 is 0 Å². The largest absolute Gasteiger partial charge is 0.399 e. The van der Waals surface area contributed by atoms with E-state index in [4.69, 9.17) is 11.5 Å². The van der Waals surface area contributed by atoms with Gasteiger partial charge in [-0.25, -0.2) is 0 Å². The molecule has 0 aliphatic heterocycles. The summed E-state index contributed by atoms with van der Waals surface area (Å²) in [5.41, 5.74) is 14.2. The van der Waals surface area contributed by atoms with E-state index in [0.29, 0.717) is 0 Å². The maximum absolute atomic E-state index is 5.64.